The van der Waals surface area contributed by atoms with E-state index in [-0.39, 0.29) is 5.82 Å². The summed E-state index contributed by atoms with van der Waals surface area (Å²) in [5.41, 5.74) is 1.42. The van der Waals surface area contributed by atoms with Crippen LogP contribution in [0, 0.1) is 10.1 Å². The number of rotatable bonds is 3. The fraction of sp³-hybridized carbons (Fsp3) is 0.278. The quantitative estimate of drug-likeness (QED) is 0.367. The van der Waals surface area contributed by atoms with Crippen molar-refractivity contribution in [1.29, 1.82) is 0 Å². The van der Waals surface area contributed by atoms with Crippen LogP contribution in [0.15, 0.2) is 36.5 Å². The summed E-state index contributed by atoms with van der Waals surface area (Å²) in [6, 6.07) is 9.45. The molecule has 4 heterocycles. The zero-order chi connectivity index (χ0) is 19.3. The second kappa shape index (κ2) is 6.68. The first-order valence-electron chi connectivity index (χ1n) is 8.88. The molecule has 0 N–H and O–H groups in total. The fourth-order valence-corrected chi connectivity index (χ4v) is 4.88. The smallest absolute Gasteiger partial charge is 0.358 e. The average Bonchev–Trinajstić information content (AvgIpc) is 3.31. The van der Waals surface area contributed by atoms with Gasteiger partial charge in [-0.1, -0.05) is 21.2 Å². The first kappa shape index (κ1) is 17.3. The zero-order valence-corrected chi connectivity index (χ0v) is 16.2. The Labute approximate surface area is 168 Å². The Balaban J connectivity index is 1.35. The standard InChI is InChI=1S/C18H15ClN6O2S/c19-12-1-2-14-13(9-12)21-18(28-14)11-5-7-23(8-6-11)16-4-3-15-20-10-17(25(26)27)24(15)22-16/h1-4,9-11H,5-8H2. The number of benzene rings is 1. The lowest BCUT2D eigenvalue weighted by atomic mass is 9.97. The minimum atomic E-state index is -0.470. The highest BCUT2D eigenvalue weighted by Crippen LogP contribution is 2.35. The van der Waals surface area contributed by atoms with Gasteiger partial charge in [-0.15, -0.1) is 11.3 Å². The third-order valence-electron chi connectivity index (χ3n) is 5.05. The van der Waals surface area contributed by atoms with Gasteiger partial charge < -0.3 is 15.0 Å². The monoisotopic (exact) mass is 414 g/mol. The van der Waals surface area contributed by atoms with E-state index < -0.39 is 4.92 Å². The Morgan fingerprint density at radius 1 is 1.21 bits per heavy atom. The molecule has 0 bridgehead atoms. The van der Waals surface area contributed by atoms with E-state index >= 15 is 0 Å². The fourth-order valence-electron chi connectivity index (χ4n) is 3.59. The lowest BCUT2D eigenvalue weighted by Gasteiger charge is -2.31. The van der Waals surface area contributed by atoms with Gasteiger partial charge in [-0.3, -0.25) is 0 Å². The molecule has 0 spiro atoms. The normalized spacial score (nSPS) is 15.5. The van der Waals surface area contributed by atoms with E-state index in [0.717, 1.165) is 47.0 Å². The first-order chi connectivity index (χ1) is 13.6. The van der Waals surface area contributed by atoms with Gasteiger partial charge in [0.2, 0.25) is 5.65 Å². The maximum Gasteiger partial charge on any atom is 0.368 e. The summed E-state index contributed by atoms with van der Waals surface area (Å²) in [6.07, 6.45) is 3.15. The summed E-state index contributed by atoms with van der Waals surface area (Å²) in [6.45, 7) is 1.64. The molecular formula is C18H15ClN6O2S. The molecule has 1 aliphatic heterocycles. The van der Waals surface area contributed by atoms with Crippen molar-refractivity contribution in [2.24, 2.45) is 0 Å². The van der Waals surface area contributed by atoms with E-state index in [1.54, 1.807) is 17.4 Å². The minimum absolute atomic E-state index is 0.125. The molecule has 10 heteroatoms. The van der Waals surface area contributed by atoms with Crippen LogP contribution in [0.5, 0.6) is 0 Å². The number of aromatic nitrogens is 4. The number of hydrogen-bond donors (Lipinski definition) is 0. The highest BCUT2D eigenvalue weighted by molar-refractivity contribution is 7.18. The number of fused-ring (bicyclic) bond motifs is 2. The van der Waals surface area contributed by atoms with Crippen LogP contribution in [0.4, 0.5) is 11.6 Å². The molecule has 142 valence electrons. The summed E-state index contributed by atoms with van der Waals surface area (Å²) < 4.78 is 2.44. The highest BCUT2D eigenvalue weighted by atomic mass is 35.5. The molecule has 1 aromatic carbocycles. The van der Waals surface area contributed by atoms with Crippen molar-refractivity contribution < 1.29 is 4.92 Å². The second-order valence-electron chi connectivity index (χ2n) is 6.76. The van der Waals surface area contributed by atoms with Crippen molar-refractivity contribution >= 4 is 50.4 Å². The Hall–Kier alpha value is -2.78. The molecule has 0 radical (unpaired) electrons. The number of piperidine rings is 1. The van der Waals surface area contributed by atoms with Gasteiger partial charge in [-0.25, -0.2) is 9.97 Å². The van der Waals surface area contributed by atoms with Crippen molar-refractivity contribution in [3.63, 3.8) is 0 Å². The Morgan fingerprint density at radius 3 is 2.82 bits per heavy atom. The average molecular weight is 415 g/mol. The van der Waals surface area contributed by atoms with Crippen LogP contribution in [0.25, 0.3) is 15.9 Å². The summed E-state index contributed by atoms with van der Waals surface area (Å²) in [5, 5.41) is 17.4. The summed E-state index contributed by atoms with van der Waals surface area (Å²) in [5.74, 6) is 1.00. The Morgan fingerprint density at radius 2 is 2.04 bits per heavy atom. The molecule has 4 aromatic rings. The number of hydrogen-bond acceptors (Lipinski definition) is 7. The Bertz CT molecular complexity index is 1200. The topological polar surface area (TPSA) is 89.5 Å². The number of nitro groups is 1. The molecule has 1 fully saturated rings. The van der Waals surface area contributed by atoms with Gasteiger partial charge in [0.05, 0.1) is 15.2 Å². The van der Waals surface area contributed by atoms with Crippen LogP contribution in [0.2, 0.25) is 5.02 Å². The largest absolute Gasteiger partial charge is 0.368 e. The molecule has 8 nitrogen and oxygen atoms in total. The highest BCUT2D eigenvalue weighted by Gasteiger charge is 2.25. The lowest BCUT2D eigenvalue weighted by Crippen LogP contribution is -2.33. The lowest BCUT2D eigenvalue weighted by molar-refractivity contribution is -0.391. The first-order valence-corrected chi connectivity index (χ1v) is 10.1. The maximum absolute atomic E-state index is 11.1. The van der Waals surface area contributed by atoms with Gasteiger partial charge in [0.15, 0.2) is 5.82 Å². The summed E-state index contributed by atoms with van der Waals surface area (Å²) in [7, 11) is 0. The number of halogens is 1. The molecule has 0 aliphatic carbocycles. The van der Waals surface area contributed by atoms with E-state index in [9.17, 15) is 10.1 Å². The van der Waals surface area contributed by atoms with Crippen LogP contribution in [-0.4, -0.2) is 37.6 Å². The van der Waals surface area contributed by atoms with E-state index in [0.29, 0.717) is 16.6 Å². The molecule has 28 heavy (non-hydrogen) atoms. The van der Waals surface area contributed by atoms with Crippen LogP contribution in [0.3, 0.4) is 0 Å². The predicted octanol–water partition coefficient (Wildman–Crippen LogP) is 4.28. The molecule has 0 amide bonds. The maximum atomic E-state index is 11.1. The molecule has 5 rings (SSSR count). The van der Waals surface area contributed by atoms with E-state index in [1.165, 1.54) is 10.7 Å². The summed E-state index contributed by atoms with van der Waals surface area (Å²) in [4.78, 5) is 21.6. The molecular weight excluding hydrogens is 400 g/mol. The van der Waals surface area contributed by atoms with Crippen LogP contribution in [0.1, 0.15) is 23.8 Å². The van der Waals surface area contributed by atoms with Gasteiger partial charge in [0.1, 0.15) is 6.20 Å². The van der Waals surface area contributed by atoms with Crippen molar-refractivity contribution in [1.82, 2.24) is 19.6 Å². The van der Waals surface area contributed by atoms with Crippen LogP contribution >= 0.6 is 22.9 Å². The number of anilines is 1. The van der Waals surface area contributed by atoms with E-state index in [2.05, 4.69) is 15.0 Å². The molecule has 1 saturated heterocycles. The van der Waals surface area contributed by atoms with E-state index in [4.69, 9.17) is 16.6 Å². The predicted molar refractivity (Wildman–Crippen MR) is 108 cm³/mol. The Kier molecular flexibility index (Phi) is 4.13. The van der Waals surface area contributed by atoms with Crippen molar-refractivity contribution in [3.05, 3.63) is 56.7 Å². The van der Waals surface area contributed by atoms with Crippen molar-refractivity contribution in [2.45, 2.75) is 18.8 Å². The number of imidazole rings is 1. The van der Waals surface area contributed by atoms with E-state index in [1.807, 2.05) is 24.3 Å². The van der Waals surface area contributed by atoms with Crippen molar-refractivity contribution in [2.75, 3.05) is 18.0 Å². The van der Waals surface area contributed by atoms with Gasteiger partial charge in [-0.2, -0.15) is 0 Å². The minimum Gasteiger partial charge on any atom is -0.358 e. The molecule has 0 unspecified atom stereocenters. The van der Waals surface area contributed by atoms with Gasteiger partial charge >= 0.3 is 5.82 Å². The SMILES string of the molecule is O=[N+]([O-])c1cnc2ccc(N3CCC(c4nc5cc(Cl)ccc5s4)CC3)nn12. The van der Waals surface area contributed by atoms with Crippen LogP contribution < -0.4 is 4.90 Å². The number of nitrogens with zero attached hydrogens (tertiary/aromatic N) is 6. The van der Waals surface area contributed by atoms with Crippen LogP contribution in [-0.2, 0) is 0 Å². The van der Waals surface area contributed by atoms with Gasteiger partial charge in [-0.05, 0) is 42.0 Å². The second-order valence-corrected chi connectivity index (χ2v) is 8.26. The molecule has 0 atom stereocenters. The molecule has 3 aromatic heterocycles. The van der Waals surface area contributed by atoms with Crippen molar-refractivity contribution in [3.8, 4) is 0 Å². The summed E-state index contributed by atoms with van der Waals surface area (Å²) >= 11 is 7.79. The zero-order valence-electron chi connectivity index (χ0n) is 14.7. The third-order valence-corrected chi connectivity index (χ3v) is 6.49. The molecule has 1 aliphatic rings. The van der Waals surface area contributed by atoms with Gasteiger partial charge in [0.25, 0.3) is 0 Å². The van der Waals surface area contributed by atoms with Gasteiger partial charge in [0, 0.05) is 30.1 Å². The number of thiazole rings is 1. The molecule has 0 saturated carbocycles. The third kappa shape index (κ3) is 2.96.